The van der Waals surface area contributed by atoms with Crippen LogP contribution in [-0.2, 0) is 0 Å². The summed E-state index contributed by atoms with van der Waals surface area (Å²) >= 11 is 0. The van der Waals surface area contributed by atoms with E-state index < -0.39 is 0 Å². The van der Waals surface area contributed by atoms with Gasteiger partial charge in [-0.2, -0.15) is 0 Å². The van der Waals surface area contributed by atoms with Crippen molar-refractivity contribution in [2.45, 2.75) is 51.0 Å². The van der Waals surface area contributed by atoms with E-state index in [2.05, 4.69) is 15.5 Å². The standard InChI is InChI=1S/C15H18N4O/c1-9-7-13(20-19-9)12-8-16-15(17-11-3-2-4-11)18-14(12)10-5-6-10/h7-8,10-11H,2-6H2,1H3,(H,16,17,18). The van der Waals surface area contributed by atoms with E-state index in [9.17, 15) is 0 Å². The van der Waals surface area contributed by atoms with Crippen LogP contribution in [0.25, 0.3) is 11.3 Å². The molecule has 0 amide bonds. The zero-order valence-electron chi connectivity index (χ0n) is 11.6. The molecule has 4 rings (SSSR count). The molecule has 0 radical (unpaired) electrons. The molecule has 2 heterocycles. The number of nitrogens with one attached hydrogen (secondary N) is 1. The first-order chi connectivity index (χ1) is 9.79. The number of hydrogen-bond acceptors (Lipinski definition) is 5. The van der Waals surface area contributed by atoms with Gasteiger partial charge >= 0.3 is 0 Å². The Bertz CT molecular complexity index is 629. The van der Waals surface area contributed by atoms with Crippen molar-refractivity contribution in [3.05, 3.63) is 23.7 Å². The molecule has 5 nitrogen and oxygen atoms in total. The van der Waals surface area contributed by atoms with Gasteiger partial charge in [0, 0.05) is 24.2 Å². The minimum atomic E-state index is 0.556. The van der Waals surface area contributed by atoms with Gasteiger partial charge in [-0.15, -0.1) is 0 Å². The fourth-order valence-corrected chi connectivity index (χ4v) is 2.55. The Balaban J connectivity index is 1.67. The van der Waals surface area contributed by atoms with Crippen molar-refractivity contribution < 1.29 is 4.52 Å². The van der Waals surface area contributed by atoms with Crippen molar-refractivity contribution in [3.63, 3.8) is 0 Å². The van der Waals surface area contributed by atoms with Gasteiger partial charge in [0.15, 0.2) is 5.76 Å². The van der Waals surface area contributed by atoms with Crippen molar-refractivity contribution >= 4 is 5.95 Å². The van der Waals surface area contributed by atoms with E-state index in [0.717, 1.165) is 28.7 Å². The second-order valence-corrected chi connectivity index (χ2v) is 5.87. The first-order valence-corrected chi connectivity index (χ1v) is 7.37. The molecule has 2 aliphatic rings. The summed E-state index contributed by atoms with van der Waals surface area (Å²) in [6.45, 7) is 1.93. The summed E-state index contributed by atoms with van der Waals surface area (Å²) in [4.78, 5) is 9.18. The highest BCUT2D eigenvalue weighted by Crippen LogP contribution is 2.43. The van der Waals surface area contributed by atoms with Crippen LogP contribution >= 0.6 is 0 Å². The molecule has 2 aromatic heterocycles. The largest absolute Gasteiger partial charge is 0.356 e. The van der Waals surface area contributed by atoms with Crippen LogP contribution in [0.15, 0.2) is 16.8 Å². The van der Waals surface area contributed by atoms with E-state index in [4.69, 9.17) is 9.51 Å². The summed E-state index contributed by atoms with van der Waals surface area (Å²) in [6, 6.07) is 2.50. The quantitative estimate of drug-likeness (QED) is 0.923. The molecule has 2 fully saturated rings. The molecule has 5 heteroatoms. The monoisotopic (exact) mass is 270 g/mol. The average Bonchev–Trinajstić information content (AvgIpc) is 3.16. The molecule has 0 spiro atoms. The highest BCUT2D eigenvalue weighted by Gasteiger charge is 2.30. The van der Waals surface area contributed by atoms with Crippen LogP contribution in [0.5, 0.6) is 0 Å². The third-order valence-corrected chi connectivity index (χ3v) is 4.11. The van der Waals surface area contributed by atoms with Crippen LogP contribution in [0.4, 0.5) is 5.95 Å². The second-order valence-electron chi connectivity index (χ2n) is 5.87. The highest BCUT2D eigenvalue weighted by molar-refractivity contribution is 5.62. The average molecular weight is 270 g/mol. The first-order valence-electron chi connectivity index (χ1n) is 7.37. The molecule has 0 aliphatic heterocycles. The lowest BCUT2D eigenvalue weighted by Crippen LogP contribution is -2.28. The zero-order valence-corrected chi connectivity index (χ0v) is 11.6. The number of anilines is 1. The second kappa shape index (κ2) is 4.58. The summed E-state index contributed by atoms with van der Waals surface area (Å²) in [5.41, 5.74) is 2.99. The summed E-state index contributed by atoms with van der Waals surface area (Å²) in [5.74, 6) is 2.09. The maximum atomic E-state index is 5.37. The molecular formula is C15H18N4O. The minimum absolute atomic E-state index is 0.556. The molecule has 0 unspecified atom stereocenters. The Morgan fingerprint density at radius 2 is 2.10 bits per heavy atom. The molecule has 2 aliphatic carbocycles. The van der Waals surface area contributed by atoms with Gasteiger partial charge < -0.3 is 9.84 Å². The number of aryl methyl sites for hydroxylation is 1. The van der Waals surface area contributed by atoms with E-state index in [1.807, 2.05) is 19.2 Å². The van der Waals surface area contributed by atoms with Crippen molar-refractivity contribution in [1.82, 2.24) is 15.1 Å². The summed E-state index contributed by atoms with van der Waals surface area (Å²) in [5, 5.41) is 7.38. The van der Waals surface area contributed by atoms with Gasteiger partial charge in [-0.1, -0.05) is 5.16 Å². The third-order valence-electron chi connectivity index (χ3n) is 4.11. The molecular weight excluding hydrogens is 252 g/mol. The van der Waals surface area contributed by atoms with Gasteiger partial charge in [0.1, 0.15) is 0 Å². The van der Waals surface area contributed by atoms with Crippen LogP contribution in [0.2, 0.25) is 0 Å². The summed E-state index contributed by atoms with van der Waals surface area (Å²) in [7, 11) is 0. The number of aromatic nitrogens is 3. The van der Waals surface area contributed by atoms with Gasteiger partial charge in [0.2, 0.25) is 5.95 Å². The molecule has 104 valence electrons. The van der Waals surface area contributed by atoms with Crippen molar-refractivity contribution in [3.8, 4) is 11.3 Å². The maximum Gasteiger partial charge on any atom is 0.223 e. The topological polar surface area (TPSA) is 63.8 Å². The molecule has 0 aromatic carbocycles. The molecule has 0 atom stereocenters. The Morgan fingerprint density at radius 3 is 2.70 bits per heavy atom. The van der Waals surface area contributed by atoms with E-state index >= 15 is 0 Å². The number of hydrogen-bond donors (Lipinski definition) is 1. The van der Waals surface area contributed by atoms with E-state index in [1.54, 1.807) is 0 Å². The van der Waals surface area contributed by atoms with E-state index in [-0.39, 0.29) is 0 Å². The lowest BCUT2D eigenvalue weighted by Gasteiger charge is -2.26. The van der Waals surface area contributed by atoms with Crippen LogP contribution in [0, 0.1) is 6.92 Å². The zero-order chi connectivity index (χ0) is 13.5. The Morgan fingerprint density at radius 1 is 1.25 bits per heavy atom. The van der Waals surface area contributed by atoms with Gasteiger partial charge in [-0.25, -0.2) is 9.97 Å². The molecule has 2 saturated carbocycles. The Hall–Kier alpha value is -1.91. The smallest absolute Gasteiger partial charge is 0.223 e. The summed E-state index contributed by atoms with van der Waals surface area (Å²) in [6.07, 6.45) is 8.06. The summed E-state index contributed by atoms with van der Waals surface area (Å²) < 4.78 is 5.37. The molecule has 1 N–H and O–H groups in total. The third kappa shape index (κ3) is 2.17. The minimum Gasteiger partial charge on any atom is -0.356 e. The normalized spacial score (nSPS) is 18.9. The lowest BCUT2D eigenvalue weighted by molar-refractivity contribution is 0.426. The number of nitrogens with zero attached hydrogens (tertiary/aromatic N) is 3. The fraction of sp³-hybridized carbons (Fsp3) is 0.533. The highest BCUT2D eigenvalue weighted by atomic mass is 16.5. The predicted molar refractivity (Wildman–Crippen MR) is 75.5 cm³/mol. The van der Waals surface area contributed by atoms with Crippen molar-refractivity contribution in [2.24, 2.45) is 0 Å². The molecule has 0 saturated heterocycles. The molecule has 0 bridgehead atoms. The predicted octanol–water partition coefficient (Wildman–Crippen LogP) is 3.28. The first kappa shape index (κ1) is 11.9. The molecule has 20 heavy (non-hydrogen) atoms. The lowest BCUT2D eigenvalue weighted by atomic mass is 9.93. The van der Waals surface area contributed by atoms with Gasteiger partial charge in [-0.3, -0.25) is 0 Å². The van der Waals surface area contributed by atoms with Gasteiger partial charge in [0.05, 0.1) is 17.0 Å². The Kier molecular flexibility index (Phi) is 2.72. The van der Waals surface area contributed by atoms with E-state index in [0.29, 0.717) is 12.0 Å². The van der Waals surface area contributed by atoms with Crippen LogP contribution in [0.1, 0.15) is 49.4 Å². The molecule has 2 aromatic rings. The van der Waals surface area contributed by atoms with Crippen molar-refractivity contribution in [2.75, 3.05) is 5.32 Å². The maximum absolute atomic E-state index is 5.37. The van der Waals surface area contributed by atoms with E-state index in [1.165, 1.54) is 32.1 Å². The van der Waals surface area contributed by atoms with Crippen molar-refractivity contribution in [1.29, 1.82) is 0 Å². The number of rotatable bonds is 4. The Labute approximate surface area is 117 Å². The van der Waals surface area contributed by atoms with Gasteiger partial charge in [0.25, 0.3) is 0 Å². The van der Waals surface area contributed by atoms with Gasteiger partial charge in [-0.05, 0) is 39.0 Å². The van der Waals surface area contributed by atoms with Crippen LogP contribution < -0.4 is 5.32 Å². The fourth-order valence-electron chi connectivity index (χ4n) is 2.55. The van der Waals surface area contributed by atoms with Crippen LogP contribution in [0.3, 0.4) is 0 Å². The SMILES string of the molecule is Cc1cc(-c2cnc(NC3CCC3)nc2C2CC2)on1. The van der Waals surface area contributed by atoms with Crippen LogP contribution in [-0.4, -0.2) is 21.2 Å².